The zero-order valence-corrected chi connectivity index (χ0v) is 14.5. The van der Waals surface area contributed by atoms with Crippen molar-refractivity contribution in [2.24, 2.45) is 18.4 Å². The lowest BCUT2D eigenvalue weighted by Crippen LogP contribution is -2.37. The predicted octanol–water partition coefficient (Wildman–Crippen LogP) is 1.01. The Labute approximate surface area is 143 Å². The molecule has 2 aliphatic rings. The van der Waals surface area contributed by atoms with E-state index in [4.69, 9.17) is 4.42 Å². The third-order valence-corrected chi connectivity index (χ3v) is 7.47. The minimum Gasteiger partial charge on any atom is -0.481 e. The molecule has 2 fully saturated rings. The predicted molar refractivity (Wildman–Crippen MR) is 87.6 cm³/mol. The largest absolute Gasteiger partial charge is 0.481 e. The van der Waals surface area contributed by atoms with Crippen molar-refractivity contribution in [1.29, 1.82) is 0 Å². The zero-order chi connectivity index (χ0) is 18.0. The van der Waals surface area contributed by atoms with Gasteiger partial charge in [0.1, 0.15) is 0 Å². The first-order chi connectivity index (χ1) is 11.8. The summed E-state index contributed by atoms with van der Waals surface area (Å²) in [7, 11) is -2.31. The molecule has 134 valence electrons. The number of carboxylic acids is 1. The minimum atomic E-state index is -3.85. The summed E-state index contributed by atoms with van der Waals surface area (Å²) < 4.78 is 33.6. The van der Waals surface area contributed by atoms with Crippen molar-refractivity contribution in [1.82, 2.24) is 8.87 Å². The van der Waals surface area contributed by atoms with Crippen LogP contribution in [0.4, 0.5) is 0 Å². The van der Waals surface area contributed by atoms with E-state index in [1.807, 2.05) is 0 Å². The number of hydrogen-bond acceptors (Lipinski definition) is 5. The van der Waals surface area contributed by atoms with Gasteiger partial charge in [-0.1, -0.05) is 6.42 Å². The molecule has 1 aliphatic heterocycles. The molecule has 1 aromatic heterocycles. The topological polar surface area (TPSA) is 110 Å². The highest BCUT2D eigenvalue weighted by atomic mass is 32.2. The monoisotopic (exact) mass is 366 g/mol. The molecule has 25 heavy (non-hydrogen) atoms. The number of fused-ring (bicyclic) bond motifs is 2. The van der Waals surface area contributed by atoms with Gasteiger partial charge < -0.3 is 9.52 Å². The van der Waals surface area contributed by atoms with E-state index in [1.54, 1.807) is 7.05 Å². The Kier molecular flexibility index (Phi) is 3.39. The molecule has 8 nitrogen and oxygen atoms in total. The lowest BCUT2D eigenvalue weighted by molar-refractivity contribution is -0.149. The number of oxazole rings is 1. The van der Waals surface area contributed by atoms with Gasteiger partial charge in [-0.15, -0.1) is 0 Å². The van der Waals surface area contributed by atoms with Crippen LogP contribution in [0.3, 0.4) is 0 Å². The third-order valence-electron chi connectivity index (χ3n) is 5.67. The van der Waals surface area contributed by atoms with E-state index >= 15 is 0 Å². The van der Waals surface area contributed by atoms with Crippen LogP contribution in [-0.2, 0) is 21.9 Å². The van der Waals surface area contributed by atoms with Gasteiger partial charge >= 0.3 is 11.7 Å². The molecule has 0 bridgehead atoms. The number of carbonyl (C=O) groups is 1. The first-order valence-corrected chi connectivity index (χ1v) is 9.53. The van der Waals surface area contributed by atoms with Crippen LogP contribution in [0, 0.1) is 11.3 Å². The summed E-state index contributed by atoms with van der Waals surface area (Å²) >= 11 is 0. The number of aryl methyl sites for hydroxylation is 1. The highest BCUT2D eigenvalue weighted by Gasteiger charge is 2.57. The number of benzene rings is 1. The molecule has 1 N–H and O–H groups in total. The van der Waals surface area contributed by atoms with Crippen molar-refractivity contribution in [3.63, 3.8) is 0 Å². The number of hydrogen-bond donors (Lipinski definition) is 1. The molecule has 1 saturated carbocycles. The average molecular weight is 366 g/mol. The van der Waals surface area contributed by atoms with Gasteiger partial charge in [0, 0.05) is 26.2 Å². The summed E-state index contributed by atoms with van der Waals surface area (Å²) in [4.78, 5) is 23.3. The number of rotatable bonds is 3. The quantitative estimate of drug-likeness (QED) is 0.868. The lowest BCUT2D eigenvalue weighted by atomic mass is 9.81. The Hall–Kier alpha value is -2.13. The Morgan fingerprint density at radius 3 is 2.84 bits per heavy atom. The molecule has 1 saturated heterocycles. The second kappa shape index (κ2) is 5.18. The molecule has 9 heteroatoms. The lowest BCUT2D eigenvalue weighted by Gasteiger charge is -2.23. The van der Waals surface area contributed by atoms with Gasteiger partial charge in [0.05, 0.1) is 15.8 Å². The van der Waals surface area contributed by atoms with Crippen LogP contribution in [-0.4, -0.2) is 41.5 Å². The smallest absolute Gasteiger partial charge is 0.419 e. The van der Waals surface area contributed by atoms with Crippen molar-refractivity contribution >= 4 is 27.1 Å². The summed E-state index contributed by atoms with van der Waals surface area (Å²) in [5.41, 5.74) is -0.276. The maximum Gasteiger partial charge on any atom is 0.419 e. The highest BCUT2D eigenvalue weighted by molar-refractivity contribution is 7.89. The van der Waals surface area contributed by atoms with Crippen molar-refractivity contribution in [3.8, 4) is 0 Å². The van der Waals surface area contributed by atoms with Crippen molar-refractivity contribution < 1.29 is 22.7 Å². The maximum absolute atomic E-state index is 13.0. The van der Waals surface area contributed by atoms with Crippen molar-refractivity contribution in [2.75, 3.05) is 13.1 Å². The average Bonchev–Trinajstić information content (AvgIpc) is 3.19. The van der Waals surface area contributed by atoms with Gasteiger partial charge in [0.25, 0.3) is 0 Å². The second-order valence-corrected chi connectivity index (χ2v) is 8.84. The molecule has 2 atom stereocenters. The number of aromatic nitrogens is 1. The number of aliphatic carboxylic acids is 1. The van der Waals surface area contributed by atoms with Crippen LogP contribution in [0.1, 0.15) is 19.3 Å². The molecule has 1 aromatic carbocycles. The van der Waals surface area contributed by atoms with E-state index < -0.39 is 27.2 Å². The van der Waals surface area contributed by atoms with E-state index in [9.17, 15) is 23.1 Å². The molecule has 0 unspecified atom stereocenters. The Bertz CT molecular complexity index is 1040. The third kappa shape index (κ3) is 2.18. The normalized spacial score (nSPS) is 27.0. The summed E-state index contributed by atoms with van der Waals surface area (Å²) in [5.74, 6) is -1.64. The van der Waals surface area contributed by atoms with E-state index in [1.165, 1.54) is 27.1 Å². The molecule has 0 radical (unpaired) electrons. The van der Waals surface area contributed by atoms with Crippen LogP contribution in [0.5, 0.6) is 0 Å². The standard InChI is InChI=1S/C16H18N2O6S/c1-17-12-5-4-11(7-13(12)24-15(17)21)25(22,23)18-8-10-3-2-6-16(10,9-18)14(19)20/h4-5,7,10H,2-3,6,8-9H2,1H3,(H,19,20)/t10-,16+/m0/s1. The second-order valence-electron chi connectivity index (χ2n) is 6.90. The van der Waals surface area contributed by atoms with Gasteiger partial charge in [-0.25, -0.2) is 13.2 Å². The summed E-state index contributed by atoms with van der Waals surface area (Å²) in [6, 6.07) is 4.28. The van der Waals surface area contributed by atoms with Gasteiger partial charge in [-0.05, 0) is 30.9 Å². The molecule has 2 aromatic rings. The molecule has 1 aliphatic carbocycles. The summed E-state index contributed by atoms with van der Waals surface area (Å²) in [6.45, 7) is 0.206. The Morgan fingerprint density at radius 2 is 2.16 bits per heavy atom. The maximum atomic E-state index is 13.0. The van der Waals surface area contributed by atoms with Gasteiger partial charge in [-0.3, -0.25) is 9.36 Å². The van der Waals surface area contributed by atoms with Crippen molar-refractivity contribution in [2.45, 2.75) is 24.2 Å². The van der Waals surface area contributed by atoms with Crippen LogP contribution in [0.15, 0.2) is 32.3 Å². The number of sulfonamides is 1. The van der Waals surface area contributed by atoms with Gasteiger partial charge in [0.2, 0.25) is 10.0 Å². The minimum absolute atomic E-state index is 0.00783. The van der Waals surface area contributed by atoms with E-state index in [0.717, 1.165) is 12.8 Å². The van der Waals surface area contributed by atoms with E-state index in [-0.39, 0.29) is 29.5 Å². The SMILES string of the molecule is Cn1c(=O)oc2cc(S(=O)(=O)N3C[C@@H]4CCC[C@@]4(C(=O)O)C3)ccc21. The molecule has 2 heterocycles. The van der Waals surface area contributed by atoms with E-state index in [2.05, 4.69) is 0 Å². The molecular weight excluding hydrogens is 348 g/mol. The Morgan fingerprint density at radius 1 is 1.40 bits per heavy atom. The zero-order valence-electron chi connectivity index (χ0n) is 13.6. The molecule has 4 rings (SSSR count). The first kappa shape index (κ1) is 16.3. The van der Waals surface area contributed by atoms with Crippen LogP contribution >= 0.6 is 0 Å². The van der Waals surface area contributed by atoms with Gasteiger partial charge in [-0.2, -0.15) is 4.31 Å². The molecule has 0 amide bonds. The highest BCUT2D eigenvalue weighted by Crippen LogP contribution is 2.50. The number of carboxylic acid groups (broad SMARTS) is 1. The van der Waals surface area contributed by atoms with Crippen LogP contribution < -0.4 is 5.76 Å². The van der Waals surface area contributed by atoms with E-state index in [0.29, 0.717) is 11.9 Å². The molecular formula is C16H18N2O6S. The van der Waals surface area contributed by atoms with Crippen LogP contribution in [0.2, 0.25) is 0 Å². The fourth-order valence-electron chi connectivity index (χ4n) is 4.20. The summed E-state index contributed by atoms with van der Waals surface area (Å²) in [5, 5.41) is 9.63. The van der Waals surface area contributed by atoms with Crippen molar-refractivity contribution in [3.05, 3.63) is 28.7 Å². The number of nitrogens with zero attached hydrogens (tertiary/aromatic N) is 2. The first-order valence-electron chi connectivity index (χ1n) is 8.09. The summed E-state index contributed by atoms with van der Waals surface area (Å²) in [6.07, 6.45) is 2.04. The fourth-order valence-corrected chi connectivity index (χ4v) is 5.77. The van der Waals surface area contributed by atoms with Crippen LogP contribution in [0.25, 0.3) is 11.1 Å². The fraction of sp³-hybridized carbons (Fsp3) is 0.500. The Balaban J connectivity index is 1.73. The van der Waals surface area contributed by atoms with Gasteiger partial charge in [0.15, 0.2) is 5.58 Å². The molecule has 0 spiro atoms.